The van der Waals surface area contributed by atoms with Crippen molar-refractivity contribution in [2.24, 2.45) is 11.5 Å². The molecule has 11 nitrogen and oxygen atoms in total. The number of rotatable bonds is 7. The van der Waals surface area contributed by atoms with E-state index in [4.69, 9.17) is 16.6 Å². The summed E-state index contributed by atoms with van der Waals surface area (Å²) in [4.78, 5) is 52.2. The van der Waals surface area contributed by atoms with Crippen LogP contribution in [0.4, 0.5) is 0 Å². The predicted molar refractivity (Wildman–Crippen MR) is 97.3 cm³/mol. The van der Waals surface area contributed by atoms with Crippen LogP contribution < -0.4 is 16.8 Å². The van der Waals surface area contributed by atoms with E-state index in [0.717, 1.165) is 0 Å². The molecule has 0 bridgehead atoms. The van der Waals surface area contributed by atoms with Gasteiger partial charge in [0.25, 0.3) is 0 Å². The van der Waals surface area contributed by atoms with Gasteiger partial charge in [-0.1, -0.05) is 0 Å². The van der Waals surface area contributed by atoms with Gasteiger partial charge < -0.3 is 36.8 Å². The van der Waals surface area contributed by atoms with Crippen LogP contribution in [0, 0.1) is 0 Å². The summed E-state index contributed by atoms with van der Waals surface area (Å²) in [5.74, 6) is -2.30. The summed E-state index contributed by atoms with van der Waals surface area (Å²) >= 11 is 0. The van der Waals surface area contributed by atoms with E-state index in [1.165, 1.54) is 16.7 Å². The summed E-state index contributed by atoms with van der Waals surface area (Å²) in [5, 5.41) is 21.1. The van der Waals surface area contributed by atoms with E-state index in [1.807, 2.05) is 0 Å². The van der Waals surface area contributed by atoms with Crippen LogP contribution >= 0.6 is 0 Å². The van der Waals surface area contributed by atoms with Gasteiger partial charge in [-0.25, -0.2) is 0 Å². The number of carbonyl (C=O) groups is 4. The summed E-state index contributed by atoms with van der Waals surface area (Å²) in [7, 11) is 0. The highest BCUT2D eigenvalue weighted by Crippen LogP contribution is 2.25. The molecule has 2 heterocycles. The van der Waals surface area contributed by atoms with Gasteiger partial charge in [0.2, 0.25) is 23.6 Å². The molecule has 5 atom stereocenters. The molecule has 1 unspecified atom stereocenters. The number of carbonyl (C=O) groups excluding carboxylic acids is 4. The number of nitrogens with one attached hydrogen (secondary N) is 1. The topological polar surface area (TPSA) is 179 Å². The summed E-state index contributed by atoms with van der Waals surface area (Å²) in [5.41, 5.74) is 10.8. The molecule has 4 amide bonds. The van der Waals surface area contributed by atoms with Crippen LogP contribution in [0.3, 0.4) is 0 Å². The molecule has 2 rings (SSSR count). The molecule has 2 aliphatic rings. The molecule has 158 valence electrons. The standard InChI is InChI=1S/C17H29N5O6/c1-9(24)13(14(19)25)20-15(26)11-4-2-6-21(11)17(28)12-5-3-7-22(12)16(27)10(18)8-23/h9-13,23-24H,2-8,18H2,1H3,(H2,19,25)(H,20,26)/t9-,10+,11?,12+,13+/m1/s1. The third-order valence-corrected chi connectivity index (χ3v) is 5.26. The zero-order valence-corrected chi connectivity index (χ0v) is 15.9. The Balaban J connectivity index is 2.10. The highest BCUT2D eigenvalue weighted by Gasteiger charge is 2.43. The molecular weight excluding hydrogens is 370 g/mol. The number of nitrogens with zero attached hydrogens (tertiary/aromatic N) is 2. The average Bonchev–Trinajstić information content (AvgIpc) is 3.32. The molecule has 7 N–H and O–H groups in total. The SMILES string of the molecule is C[C@@H](O)[C@H](NC(=O)C1CCCN1C(=O)[C@@H]1CCCN1C(=O)[C@@H](N)CO)C(N)=O. The Morgan fingerprint density at radius 1 is 1.11 bits per heavy atom. The number of primary amides is 1. The van der Waals surface area contributed by atoms with Crippen LogP contribution in [0.1, 0.15) is 32.6 Å². The Hall–Kier alpha value is -2.24. The van der Waals surface area contributed by atoms with Gasteiger partial charge in [-0.3, -0.25) is 19.2 Å². The molecule has 0 aromatic rings. The van der Waals surface area contributed by atoms with E-state index >= 15 is 0 Å². The van der Waals surface area contributed by atoms with Crippen LogP contribution in [0.5, 0.6) is 0 Å². The lowest BCUT2D eigenvalue weighted by atomic mass is 10.1. The predicted octanol–water partition coefficient (Wildman–Crippen LogP) is -3.36. The van der Waals surface area contributed by atoms with Gasteiger partial charge in [-0.15, -0.1) is 0 Å². The van der Waals surface area contributed by atoms with E-state index < -0.39 is 54.6 Å². The van der Waals surface area contributed by atoms with E-state index in [2.05, 4.69) is 5.32 Å². The molecule has 0 saturated carbocycles. The second kappa shape index (κ2) is 9.30. The van der Waals surface area contributed by atoms with Gasteiger partial charge in [0.15, 0.2) is 0 Å². The Morgan fingerprint density at radius 2 is 1.68 bits per heavy atom. The summed E-state index contributed by atoms with van der Waals surface area (Å²) in [6, 6.07) is -3.88. The average molecular weight is 399 g/mol. The zero-order chi connectivity index (χ0) is 21.0. The van der Waals surface area contributed by atoms with Crippen LogP contribution in [-0.2, 0) is 19.2 Å². The van der Waals surface area contributed by atoms with Crippen molar-refractivity contribution in [1.29, 1.82) is 0 Å². The Labute approximate surface area is 163 Å². The van der Waals surface area contributed by atoms with E-state index in [0.29, 0.717) is 38.8 Å². The van der Waals surface area contributed by atoms with Crippen molar-refractivity contribution < 1.29 is 29.4 Å². The van der Waals surface area contributed by atoms with Gasteiger partial charge >= 0.3 is 0 Å². The second-order valence-corrected chi connectivity index (χ2v) is 7.30. The van der Waals surface area contributed by atoms with Gasteiger partial charge in [-0.05, 0) is 32.6 Å². The number of hydrogen-bond acceptors (Lipinski definition) is 7. The van der Waals surface area contributed by atoms with Gasteiger partial charge in [-0.2, -0.15) is 0 Å². The lowest BCUT2D eigenvalue weighted by Gasteiger charge is -2.32. The van der Waals surface area contributed by atoms with Crippen molar-refractivity contribution >= 4 is 23.6 Å². The number of aliphatic hydroxyl groups is 2. The van der Waals surface area contributed by atoms with Gasteiger partial charge in [0, 0.05) is 13.1 Å². The first-order chi connectivity index (χ1) is 13.2. The van der Waals surface area contributed by atoms with Crippen molar-refractivity contribution in [3.05, 3.63) is 0 Å². The van der Waals surface area contributed by atoms with Crippen LogP contribution in [0.25, 0.3) is 0 Å². The third kappa shape index (κ3) is 4.59. The largest absolute Gasteiger partial charge is 0.394 e. The van der Waals surface area contributed by atoms with E-state index in [1.54, 1.807) is 0 Å². The smallest absolute Gasteiger partial charge is 0.246 e. The maximum atomic E-state index is 13.0. The van der Waals surface area contributed by atoms with Gasteiger partial charge in [0.05, 0.1) is 12.7 Å². The molecule has 2 aliphatic heterocycles. The highest BCUT2D eigenvalue weighted by atomic mass is 16.3. The maximum Gasteiger partial charge on any atom is 0.246 e. The minimum absolute atomic E-state index is 0.345. The Kier molecular flexibility index (Phi) is 7.33. The zero-order valence-electron chi connectivity index (χ0n) is 15.9. The fourth-order valence-corrected chi connectivity index (χ4v) is 3.75. The lowest BCUT2D eigenvalue weighted by molar-refractivity contribution is -0.147. The summed E-state index contributed by atoms with van der Waals surface area (Å²) in [6.07, 6.45) is 0.896. The molecule has 0 aromatic heterocycles. The molecule has 0 spiro atoms. The Morgan fingerprint density at radius 3 is 2.21 bits per heavy atom. The first-order valence-corrected chi connectivity index (χ1v) is 9.44. The lowest BCUT2D eigenvalue weighted by Crippen LogP contribution is -2.58. The fourth-order valence-electron chi connectivity index (χ4n) is 3.75. The van der Waals surface area contributed by atoms with Crippen LogP contribution in [0.2, 0.25) is 0 Å². The monoisotopic (exact) mass is 399 g/mol. The van der Waals surface area contributed by atoms with Crippen LogP contribution in [0.15, 0.2) is 0 Å². The highest BCUT2D eigenvalue weighted by molar-refractivity contribution is 5.95. The summed E-state index contributed by atoms with van der Waals surface area (Å²) in [6.45, 7) is 1.52. The minimum Gasteiger partial charge on any atom is -0.394 e. The normalized spacial score (nSPS) is 25.3. The second-order valence-electron chi connectivity index (χ2n) is 7.30. The summed E-state index contributed by atoms with van der Waals surface area (Å²) < 4.78 is 0. The molecule has 2 fully saturated rings. The maximum absolute atomic E-state index is 13.0. The molecule has 0 aromatic carbocycles. The first kappa shape index (κ1) is 22.1. The van der Waals surface area contributed by atoms with Crippen molar-refractivity contribution in [3.8, 4) is 0 Å². The van der Waals surface area contributed by atoms with E-state index in [-0.39, 0.29) is 5.91 Å². The van der Waals surface area contributed by atoms with Crippen molar-refractivity contribution in [1.82, 2.24) is 15.1 Å². The van der Waals surface area contributed by atoms with Crippen molar-refractivity contribution in [2.45, 2.75) is 62.9 Å². The van der Waals surface area contributed by atoms with Crippen molar-refractivity contribution in [3.63, 3.8) is 0 Å². The molecular formula is C17H29N5O6. The van der Waals surface area contributed by atoms with Gasteiger partial charge in [0.1, 0.15) is 24.2 Å². The molecule has 28 heavy (non-hydrogen) atoms. The number of likely N-dealkylation sites (tertiary alicyclic amines) is 2. The molecule has 11 heteroatoms. The fraction of sp³-hybridized carbons (Fsp3) is 0.765. The van der Waals surface area contributed by atoms with Crippen LogP contribution in [-0.4, -0.2) is 93.6 Å². The third-order valence-electron chi connectivity index (χ3n) is 5.26. The first-order valence-electron chi connectivity index (χ1n) is 9.44. The molecule has 0 radical (unpaired) electrons. The van der Waals surface area contributed by atoms with Crippen molar-refractivity contribution in [2.75, 3.05) is 19.7 Å². The number of hydrogen-bond donors (Lipinski definition) is 5. The number of aliphatic hydroxyl groups excluding tert-OH is 2. The molecule has 0 aliphatic carbocycles. The quantitative estimate of drug-likeness (QED) is 0.296. The Bertz CT molecular complexity index is 627. The minimum atomic E-state index is -1.25. The van der Waals surface area contributed by atoms with E-state index in [9.17, 15) is 24.3 Å². The number of nitrogens with two attached hydrogens (primary N) is 2. The molecule has 2 saturated heterocycles. The number of amides is 4.